The van der Waals surface area contributed by atoms with Crippen LogP contribution in [0.2, 0.25) is 0 Å². The average molecular weight is 480 g/mol. The number of thiophene rings is 1. The average Bonchev–Trinajstić information content (AvgIpc) is 3.60. The lowest BCUT2D eigenvalue weighted by molar-refractivity contribution is -0.130. The summed E-state index contributed by atoms with van der Waals surface area (Å²) in [6.45, 7) is 0.113. The number of hydrogen-bond donors (Lipinski definition) is 1. The van der Waals surface area contributed by atoms with Gasteiger partial charge in [0.1, 0.15) is 0 Å². The van der Waals surface area contributed by atoms with Gasteiger partial charge in [0.25, 0.3) is 5.91 Å². The van der Waals surface area contributed by atoms with Gasteiger partial charge >= 0.3 is 0 Å². The van der Waals surface area contributed by atoms with Gasteiger partial charge in [-0.3, -0.25) is 14.6 Å². The zero-order chi connectivity index (χ0) is 23.8. The molecule has 34 heavy (non-hydrogen) atoms. The minimum Gasteiger partial charge on any atom is -0.503 e. The van der Waals surface area contributed by atoms with E-state index in [1.807, 2.05) is 0 Å². The minimum absolute atomic E-state index is 0.00923. The Morgan fingerprint density at radius 1 is 1.21 bits per heavy atom. The van der Waals surface area contributed by atoms with Crippen LogP contribution in [0.4, 0.5) is 0 Å². The first-order valence-electron chi connectivity index (χ1n) is 10.3. The first kappa shape index (κ1) is 21.8. The number of ether oxygens (including phenoxy) is 4. The monoisotopic (exact) mass is 480 g/mol. The van der Waals surface area contributed by atoms with Crippen molar-refractivity contribution in [3.05, 3.63) is 75.4 Å². The number of Topliss-reactive ketones (excluding diaryl/α,β-unsaturated/α-hetero) is 1. The molecule has 4 heterocycles. The number of methoxy groups -OCH3 is 2. The molecule has 0 unspecified atom stereocenters. The molecule has 174 valence electrons. The molecule has 1 atom stereocenters. The van der Waals surface area contributed by atoms with E-state index in [1.54, 1.807) is 48.1 Å². The lowest BCUT2D eigenvalue weighted by Gasteiger charge is -2.28. The number of pyridine rings is 1. The molecule has 0 fully saturated rings. The van der Waals surface area contributed by atoms with Crippen LogP contribution < -0.4 is 18.9 Å². The summed E-state index contributed by atoms with van der Waals surface area (Å²) in [5.41, 5.74) is 1.16. The van der Waals surface area contributed by atoms with E-state index in [9.17, 15) is 14.7 Å². The number of amides is 1. The fraction of sp³-hybridized carbons (Fsp3) is 0.208. The van der Waals surface area contributed by atoms with E-state index < -0.39 is 23.5 Å². The summed E-state index contributed by atoms with van der Waals surface area (Å²) < 4.78 is 22.3. The van der Waals surface area contributed by atoms with Crippen molar-refractivity contribution in [2.45, 2.75) is 12.6 Å². The Bertz CT molecular complexity index is 1290. The third-order valence-electron chi connectivity index (χ3n) is 5.70. The number of fused-ring (bicyclic) bond motifs is 1. The number of hydrogen-bond acceptors (Lipinski definition) is 9. The zero-order valence-electron chi connectivity index (χ0n) is 18.3. The molecule has 1 aromatic carbocycles. The Morgan fingerprint density at radius 2 is 1.97 bits per heavy atom. The third kappa shape index (κ3) is 3.43. The van der Waals surface area contributed by atoms with Gasteiger partial charge in [0.05, 0.1) is 30.7 Å². The van der Waals surface area contributed by atoms with Gasteiger partial charge in [-0.15, -0.1) is 11.3 Å². The van der Waals surface area contributed by atoms with Crippen molar-refractivity contribution in [2.24, 2.45) is 0 Å². The van der Waals surface area contributed by atoms with Crippen LogP contribution in [0.25, 0.3) is 0 Å². The van der Waals surface area contributed by atoms with Crippen LogP contribution in [0.15, 0.2) is 59.4 Å². The van der Waals surface area contributed by atoms with E-state index in [0.29, 0.717) is 21.9 Å². The molecular formula is C24H20N2O7S. The van der Waals surface area contributed by atoms with Crippen molar-refractivity contribution in [3.8, 4) is 23.0 Å². The van der Waals surface area contributed by atoms with Crippen LogP contribution >= 0.6 is 11.3 Å². The van der Waals surface area contributed by atoms with E-state index in [0.717, 1.165) is 5.56 Å². The second-order valence-electron chi connectivity index (χ2n) is 7.53. The maximum Gasteiger partial charge on any atom is 0.290 e. The van der Waals surface area contributed by atoms with Gasteiger partial charge in [0.15, 0.2) is 17.3 Å². The summed E-state index contributed by atoms with van der Waals surface area (Å²) in [6.07, 6.45) is 3.22. The van der Waals surface area contributed by atoms with Gasteiger partial charge in [0, 0.05) is 24.5 Å². The summed E-state index contributed by atoms with van der Waals surface area (Å²) in [7, 11) is 2.92. The Morgan fingerprint density at radius 3 is 2.65 bits per heavy atom. The first-order valence-corrected chi connectivity index (χ1v) is 11.2. The molecule has 3 aromatic rings. The normalized spacial score (nSPS) is 16.8. The number of aliphatic hydroxyl groups is 1. The maximum absolute atomic E-state index is 13.5. The molecule has 1 amide bonds. The molecule has 0 saturated heterocycles. The molecule has 0 saturated carbocycles. The highest BCUT2D eigenvalue weighted by Crippen LogP contribution is 2.54. The fourth-order valence-electron chi connectivity index (χ4n) is 4.21. The topological polar surface area (TPSA) is 107 Å². The summed E-state index contributed by atoms with van der Waals surface area (Å²) in [5, 5.41) is 12.7. The van der Waals surface area contributed by atoms with Crippen molar-refractivity contribution < 1.29 is 33.6 Å². The zero-order valence-corrected chi connectivity index (χ0v) is 19.1. The smallest absolute Gasteiger partial charge is 0.290 e. The SMILES string of the molecule is COc1c([C@@H]2C(C(=O)c3cccs3)=C(O)C(=O)N2Cc2ccncc2)cc2c(c1OC)OCO2. The quantitative estimate of drug-likeness (QED) is 0.511. The summed E-state index contributed by atoms with van der Waals surface area (Å²) in [5.74, 6) is -0.405. The van der Waals surface area contributed by atoms with Gasteiger partial charge < -0.3 is 29.0 Å². The highest BCUT2D eigenvalue weighted by atomic mass is 32.1. The number of aromatic nitrogens is 1. The van der Waals surface area contributed by atoms with Crippen LogP contribution in [-0.2, 0) is 11.3 Å². The molecule has 0 bridgehead atoms. The second-order valence-corrected chi connectivity index (χ2v) is 8.47. The first-order chi connectivity index (χ1) is 16.5. The van der Waals surface area contributed by atoms with Gasteiger partial charge in [0.2, 0.25) is 24.1 Å². The number of nitrogens with zero attached hydrogens (tertiary/aromatic N) is 2. The fourth-order valence-corrected chi connectivity index (χ4v) is 4.89. The number of ketones is 1. The Labute approximate surface area is 198 Å². The number of rotatable bonds is 7. The van der Waals surface area contributed by atoms with Gasteiger partial charge in [-0.2, -0.15) is 0 Å². The van der Waals surface area contributed by atoms with E-state index in [-0.39, 0.29) is 30.4 Å². The predicted molar refractivity (Wildman–Crippen MR) is 122 cm³/mol. The van der Waals surface area contributed by atoms with Gasteiger partial charge in [-0.05, 0) is 35.2 Å². The molecule has 9 nitrogen and oxygen atoms in total. The third-order valence-corrected chi connectivity index (χ3v) is 6.57. The van der Waals surface area contributed by atoms with E-state index in [2.05, 4.69) is 4.98 Å². The van der Waals surface area contributed by atoms with Crippen molar-refractivity contribution in [2.75, 3.05) is 21.0 Å². The number of aliphatic hydroxyl groups excluding tert-OH is 1. The summed E-state index contributed by atoms with van der Waals surface area (Å²) in [6, 6.07) is 7.60. The molecule has 1 N–H and O–H groups in total. The van der Waals surface area contributed by atoms with Crippen molar-refractivity contribution in [1.29, 1.82) is 0 Å². The van der Waals surface area contributed by atoms with Crippen LogP contribution in [0.1, 0.15) is 26.8 Å². The minimum atomic E-state index is -0.964. The standard InChI is InChI=1S/C24H20N2O7S/c1-30-21-14(10-15-22(23(21)31-2)33-12-32-15)18-17(19(27)16-4-3-9-34-16)20(28)24(29)26(18)11-13-5-7-25-8-6-13/h3-10,18,28H,11-12H2,1-2H3/t18-/m1/s1. The summed E-state index contributed by atoms with van der Waals surface area (Å²) in [4.78, 5) is 32.6. The van der Waals surface area contributed by atoms with E-state index in [1.165, 1.54) is 30.5 Å². The number of carbonyl (C=O) groups is 2. The van der Waals surface area contributed by atoms with Gasteiger partial charge in [-0.25, -0.2) is 0 Å². The molecule has 10 heteroatoms. The Balaban J connectivity index is 1.71. The lowest BCUT2D eigenvalue weighted by Crippen LogP contribution is -2.31. The second kappa shape index (κ2) is 8.71. The van der Waals surface area contributed by atoms with Crippen molar-refractivity contribution in [3.63, 3.8) is 0 Å². The molecule has 0 aliphatic carbocycles. The van der Waals surface area contributed by atoms with Crippen LogP contribution in [0.3, 0.4) is 0 Å². The Kier molecular flexibility index (Phi) is 5.58. The van der Waals surface area contributed by atoms with Crippen LogP contribution in [0.5, 0.6) is 23.0 Å². The largest absolute Gasteiger partial charge is 0.503 e. The van der Waals surface area contributed by atoms with E-state index >= 15 is 0 Å². The summed E-state index contributed by atoms with van der Waals surface area (Å²) >= 11 is 1.23. The lowest BCUT2D eigenvalue weighted by atomic mass is 9.93. The maximum atomic E-state index is 13.5. The molecular weight excluding hydrogens is 460 g/mol. The van der Waals surface area contributed by atoms with Crippen molar-refractivity contribution >= 4 is 23.0 Å². The Hall–Kier alpha value is -4.05. The van der Waals surface area contributed by atoms with Crippen molar-refractivity contribution in [1.82, 2.24) is 9.88 Å². The number of benzene rings is 1. The molecule has 0 spiro atoms. The number of carbonyl (C=O) groups excluding carboxylic acids is 2. The molecule has 2 aliphatic heterocycles. The predicted octanol–water partition coefficient (Wildman–Crippen LogP) is 3.67. The molecule has 2 aromatic heterocycles. The molecule has 0 radical (unpaired) electrons. The molecule has 5 rings (SSSR count). The van der Waals surface area contributed by atoms with Crippen LogP contribution in [0, 0.1) is 0 Å². The van der Waals surface area contributed by atoms with Gasteiger partial charge in [-0.1, -0.05) is 6.07 Å². The highest BCUT2D eigenvalue weighted by molar-refractivity contribution is 7.12. The van der Waals surface area contributed by atoms with E-state index in [4.69, 9.17) is 18.9 Å². The molecule has 2 aliphatic rings. The highest BCUT2D eigenvalue weighted by Gasteiger charge is 2.46. The van der Waals surface area contributed by atoms with Crippen LogP contribution in [-0.4, -0.2) is 47.7 Å².